The van der Waals surface area contributed by atoms with Gasteiger partial charge in [-0.3, -0.25) is 4.79 Å². The lowest BCUT2D eigenvalue weighted by Crippen LogP contribution is -2.19. The summed E-state index contributed by atoms with van der Waals surface area (Å²) in [5.41, 5.74) is 6.42. The highest BCUT2D eigenvalue weighted by Crippen LogP contribution is 2.21. The van der Waals surface area contributed by atoms with Crippen molar-refractivity contribution in [2.24, 2.45) is 5.10 Å². The van der Waals surface area contributed by atoms with Crippen LogP contribution in [0.25, 0.3) is 10.9 Å². The number of benzene rings is 3. The van der Waals surface area contributed by atoms with E-state index in [0.717, 1.165) is 33.3 Å². The van der Waals surface area contributed by atoms with E-state index in [9.17, 15) is 9.18 Å². The molecule has 0 unspecified atom stereocenters. The normalized spacial score (nSPS) is 11.2. The Bertz CT molecular complexity index is 1230. The largest absolute Gasteiger partial charge is 0.494 e. The Kier molecular flexibility index (Phi) is 6.60. The molecule has 3 aromatic carbocycles. The van der Waals surface area contributed by atoms with Crippen molar-refractivity contribution in [2.75, 3.05) is 6.61 Å². The number of ether oxygens (including phenoxy) is 1. The molecule has 0 saturated heterocycles. The van der Waals surface area contributed by atoms with Crippen LogP contribution >= 0.6 is 0 Å². The maximum Gasteiger partial charge on any atom is 0.244 e. The summed E-state index contributed by atoms with van der Waals surface area (Å²) < 4.78 is 20.7. The first-order valence-electron chi connectivity index (χ1n) is 10.5. The van der Waals surface area contributed by atoms with E-state index in [1.54, 1.807) is 18.3 Å². The molecule has 0 aliphatic carbocycles. The van der Waals surface area contributed by atoms with Gasteiger partial charge in [0, 0.05) is 29.2 Å². The van der Waals surface area contributed by atoms with E-state index in [1.165, 1.54) is 12.1 Å². The monoisotopic (exact) mass is 429 g/mol. The van der Waals surface area contributed by atoms with Crippen LogP contribution in [-0.4, -0.2) is 23.3 Å². The van der Waals surface area contributed by atoms with E-state index >= 15 is 0 Å². The smallest absolute Gasteiger partial charge is 0.244 e. The van der Waals surface area contributed by atoms with Gasteiger partial charge in [-0.15, -0.1) is 0 Å². The Morgan fingerprint density at radius 3 is 2.50 bits per heavy atom. The standard InChI is InChI=1S/C26H24FN3O2/c1-2-32-23-13-9-19(10-14-23)15-26(31)29-28-16-21-18-30(25-6-4-3-5-24(21)25)17-20-7-11-22(27)12-8-20/h3-14,16,18H,2,15,17H2,1H3,(H,29,31)/b28-16-. The van der Waals surface area contributed by atoms with Crippen molar-refractivity contribution < 1.29 is 13.9 Å². The molecule has 1 amide bonds. The van der Waals surface area contributed by atoms with E-state index in [0.29, 0.717) is 13.2 Å². The zero-order valence-corrected chi connectivity index (χ0v) is 17.8. The molecule has 0 atom stereocenters. The molecule has 5 nitrogen and oxygen atoms in total. The first kappa shape index (κ1) is 21.3. The number of nitrogens with one attached hydrogen (secondary N) is 1. The Balaban J connectivity index is 1.44. The van der Waals surface area contributed by atoms with Crippen LogP contribution in [0.3, 0.4) is 0 Å². The van der Waals surface area contributed by atoms with Crippen molar-refractivity contribution in [2.45, 2.75) is 19.9 Å². The minimum Gasteiger partial charge on any atom is -0.494 e. The van der Waals surface area contributed by atoms with Crippen molar-refractivity contribution in [1.29, 1.82) is 0 Å². The molecule has 4 rings (SSSR count). The zero-order valence-electron chi connectivity index (χ0n) is 17.8. The van der Waals surface area contributed by atoms with Gasteiger partial charge in [-0.25, -0.2) is 9.82 Å². The van der Waals surface area contributed by atoms with Gasteiger partial charge >= 0.3 is 0 Å². The van der Waals surface area contributed by atoms with Crippen LogP contribution in [0.2, 0.25) is 0 Å². The van der Waals surface area contributed by atoms with E-state index in [-0.39, 0.29) is 18.1 Å². The van der Waals surface area contributed by atoms with Crippen molar-refractivity contribution in [3.05, 3.63) is 102 Å². The zero-order chi connectivity index (χ0) is 22.3. The molecule has 0 aliphatic heterocycles. The van der Waals surface area contributed by atoms with Gasteiger partial charge in [-0.1, -0.05) is 42.5 Å². The third-order valence-electron chi connectivity index (χ3n) is 5.08. The number of carbonyl (C=O) groups excluding carboxylic acids is 1. The predicted molar refractivity (Wildman–Crippen MR) is 124 cm³/mol. The number of para-hydroxylation sites is 1. The molecule has 0 spiro atoms. The lowest BCUT2D eigenvalue weighted by atomic mass is 10.1. The van der Waals surface area contributed by atoms with Crippen LogP contribution in [0.5, 0.6) is 5.75 Å². The fourth-order valence-electron chi connectivity index (χ4n) is 3.56. The molecule has 0 saturated carbocycles. The molecule has 0 fully saturated rings. The van der Waals surface area contributed by atoms with Gasteiger partial charge in [0.05, 0.1) is 19.2 Å². The molecule has 0 aliphatic rings. The molecule has 1 N–H and O–H groups in total. The highest BCUT2D eigenvalue weighted by Gasteiger charge is 2.08. The number of carbonyl (C=O) groups is 1. The highest BCUT2D eigenvalue weighted by molar-refractivity contribution is 5.99. The second kappa shape index (κ2) is 9.92. The Morgan fingerprint density at radius 1 is 1.03 bits per heavy atom. The van der Waals surface area contributed by atoms with E-state index in [1.807, 2.05) is 61.7 Å². The van der Waals surface area contributed by atoms with Gasteiger partial charge in [0.2, 0.25) is 5.91 Å². The first-order chi connectivity index (χ1) is 15.6. The van der Waals surface area contributed by atoms with Gasteiger partial charge < -0.3 is 9.30 Å². The van der Waals surface area contributed by atoms with Gasteiger partial charge in [0.1, 0.15) is 11.6 Å². The van der Waals surface area contributed by atoms with Crippen LogP contribution in [-0.2, 0) is 17.8 Å². The summed E-state index contributed by atoms with van der Waals surface area (Å²) in [6.45, 7) is 3.15. The quantitative estimate of drug-likeness (QED) is 0.319. The molecule has 1 aromatic heterocycles. The third kappa shape index (κ3) is 5.21. The maximum absolute atomic E-state index is 13.2. The van der Waals surface area contributed by atoms with E-state index < -0.39 is 0 Å². The van der Waals surface area contributed by atoms with Crippen LogP contribution in [0.15, 0.2) is 84.1 Å². The van der Waals surface area contributed by atoms with Crippen molar-refractivity contribution >= 4 is 23.0 Å². The topological polar surface area (TPSA) is 55.6 Å². The van der Waals surface area contributed by atoms with Crippen LogP contribution in [0.4, 0.5) is 4.39 Å². The molecule has 1 heterocycles. The maximum atomic E-state index is 13.2. The fraction of sp³-hybridized carbons (Fsp3) is 0.154. The van der Waals surface area contributed by atoms with Crippen LogP contribution < -0.4 is 10.2 Å². The molecule has 32 heavy (non-hydrogen) atoms. The van der Waals surface area contributed by atoms with E-state index in [4.69, 9.17) is 4.74 Å². The lowest BCUT2D eigenvalue weighted by Gasteiger charge is -2.05. The molecule has 0 radical (unpaired) electrons. The molecular formula is C26H24FN3O2. The number of hydrogen-bond acceptors (Lipinski definition) is 3. The number of nitrogens with zero attached hydrogens (tertiary/aromatic N) is 2. The fourth-order valence-corrected chi connectivity index (χ4v) is 3.56. The number of halogens is 1. The van der Waals surface area contributed by atoms with Gasteiger partial charge in [0.15, 0.2) is 0 Å². The molecule has 162 valence electrons. The average molecular weight is 429 g/mol. The predicted octanol–water partition coefficient (Wildman–Crippen LogP) is 4.92. The number of amides is 1. The van der Waals surface area contributed by atoms with Crippen molar-refractivity contribution in [3.8, 4) is 5.75 Å². The van der Waals surface area contributed by atoms with Gasteiger partial charge in [-0.05, 0) is 48.4 Å². The molecule has 6 heteroatoms. The molecular weight excluding hydrogens is 405 g/mol. The summed E-state index contributed by atoms with van der Waals surface area (Å²) in [6.07, 6.45) is 3.87. The number of hydrogen-bond donors (Lipinski definition) is 1. The second-order valence-corrected chi connectivity index (χ2v) is 7.40. The van der Waals surface area contributed by atoms with E-state index in [2.05, 4.69) is 15.1 Å². The summed E-state index contributed by atoms with van der Waals surface area (Å²) in [5.74, 6) is 0.340. The molecule has 4 aromatic rings. The Morgan fingerprint density at radius 2 is 1.75 bits per heavy atom. The summed E-state index contributed by atoms with van der Waals surface area (Å²) in [5, 5.41) is 5.18. The number of aromatic nitrogens is 1. The summed E-state index contributed by atoms with van der Waals surface area (Å²) in [4.78, 5) is 12.3. The van der Waals surface area contributed by atoms with Crippen LogP contribution in [0, 0.1) is 5.82 Å². The van der Waals surface area contributed by atoms with Gasteiger partial charge in [-0.2, -0.15) is 5.10 Å². The molecule has 0 bridgehead atoms. The first-order valence-corrected chi connectivity index (χ1v) is 10.5. The minimum absolute atomic E-state index is 0.194. The number of hydrazone groups is 1. The third-order valence-corrected chi connectivity index (χ3v) is 5.08. The van der Waals surface area contributed by atoms with Gasteiger partial charge in [0.25, 0.3) is 0 Å². The Labute approximate surface area is 186 Å². The average Bonchev–Trinajstić information content (AvgIpc) is 3.14. The Hall–Kier alpha value is -3.93. The van der Waals surface area contributed by atoms with Crippen LogP contribution in [0.1, 0.15) is 23.6 Å². The highest BCUT2D eigenvalue weighted by atomic mass is 19.1. The summed E-state index contributed by atoms with van der Waals surface area (Å²) in [7, 11) is 0. The SMILES string of the molecule is CCOc1ccc(CC(=O)N/N=C\c2cn(Cc3ccc(F)cc3)c3ccccc23)cc1. The summed E-state index contributed by atoms with van der Waals surface area (Å²) >= 11 is 0. The summed E-state index contributed by atoms with van der Waals surface area (Å²) in [6, 6.07) is 21.9. The lowest BCUT2D eigenvalue weighted by molar-refractivity contribution is -0.120. The van der Waals surface area contributed by atoms with Crippen molar-refractivity contribution in [1.82, 2.24) is 9.99 Å². The number of fused-ring (bicyclic) bond motifs is 1. The number of rotatable bonds is 8. The minimum atomic E-state index is -0.250. The van der Waals surface area contributed by atoms with Crippen molar-refractivity contribution in [3.63, 3.8) is 0 Å². The second-order valence-electron chi connectivity index (χ2n) is 7.40.